The normalized spacial score (nSPS) is 16.1. The Morgan fingerprint density at radius 1 is 1.20 bits per heavy atom. The van der Waals surface area contributed by atoms with Gasteiger partial charge < -0.3 is 15.5 Å². The lowest BCUT2D eigenvalue weighted by Gasteiger charge is -2.31. The second-order valence-electron chi connectivity index (χ2n) is 6.44. The highest BCUT2D eigenvalue weighted by Crippen LogP contribution is 2.30. The monoisotopic (exact) mass is 275 g/mol. The summed E-state index contributed by atoms with van der Waals surface area (Å²) < 4.78 is 0. The van der Waals surface area contributed by atoms with E-state index in [0.29, 0.717) is 0 Å². The molecule has 1 aromatic carbocycles. The van der Waals surface area contributed by atoms with Gasteiger partial charge in [-0.1, -0.05) is 20.8 Å². The third-order valence-corrected chi connectivity index (χ3v) is 3.59. The molecule has 1 aliphatic rings. The number of benzene rings is 1. The second kappa shape index (κ2) is 5.83. The Kier molecular flexibility index (Phi) is 4.33. The van der Waals surface area contributed by atoms with Gasteiger partial charge in [0.2, 0.25) is 5.91 Å². The molecule has 20 heavy (non-hydrogen) atoms. The van der Waals surface area contributed by atoms with E-state index in [1.165, 1.54) is 11.3 Å². The molecule has 4 nitrogen and oxygen atoms in total. The van der Waals surface area contributed by atoms with Crippen LogP contribution in [0.25, 0.3) is 0 Å². The van der Waals surface area contributed by atoms with Crippen molar-refractivity contribution >= 4 is 17.3 Å². The van der Waals surface area contributed by atoms with Gasteiger partial charge in [0.15, 0.2) is 0 Å². The highest BCUT2D eigenvalue weighted by atomic mass is 16.1. The van der Waals surface area contributed by atoms with Crippen LogP contribution in [0.4, 0.5) is 11.4 Å². The Bertz CT molecular complexity index is 485. The van der Waals surface area contributed by atoms with E-state index in [1.807, 2.05) is 0 Å². The number of nitrogens with one attached hydrogen (secondary N) is 2. The van der Waals surface area contributed by atoms with Crippen LogP contribution in [0.3, 0.4) is 0 Å². The van der Waals surface area contributed by atoms with Crippen molar-refractivity contribution in [3.05, 3.63) is 23.8 Å². The SMILES string of the molecule is CC(=O)Nc1cc(N2CCNCC2)cc(C(C)(C)C)c1. The first kappa shape index (κ1) is 14.9. The van der Waals surface area contributed by atoms with E-state index in [1.54, 1.807) is 6.92 Å². The van der Waals surface area contributed by atoms with E-state index >= 15 is 0 Å². The molecule has 1 aromatic rings. The predicted molar refractivity (Wildman–Crippen MR) is 84.5 cm³/mol. The molecule has 2 N–H and O–H groups in total. The van der Waals surface area contributed by atoms with Crippen molar-refractivity contribution in [3.8, 4) is 0 Å². The summed E-state index contributed by atoms with van der Waals surface area (Å²) in [5.74, 6) is -0.0256. The summed E-state index contributed by atoms with van der Waals surface area (Å²) in [6, 6.07) is 6.39. The maximum atomic E-state index is 11.3. The van der Waals surface area contributed by atoms with Crippen LogP contribution in [0.2, 0.25) is 0 Å². The minimum Gasteiger partial charge on any atom is -0.369 e. The van der Waals surface area contributed by atoms with Gasteiger partial charge in [0, 0.05) is 44.5 Å². The maximum absolute atomic E-state index is 11.3. The first-order chi connectivity index (χ1) is 9.36. The lowest BCUT2D eigenvalue weighted by Crippen LogP contribution is -2.43. The fourth-order valence-corrected chi connectivity index (χ4v) is 2.43. The van der Waals surface area contributed by atoms with Gasteiger partial charge in [-0.05, 0) is 29.2 Å². The number of rotatable bonds is 2. The topological polar surface area (TPSA) is 44.4 Å². The Hall–Kier alpha value is -1.55. The van der Waals surface area contributed by atoms with Crippen molar-refractivity contribution in [2.75, 3.05) is 36.4 Å². The van der Waals surface area contributed by atoms with Crippen LogP contribution in [0, 0.1) is 0 Å². The van der Waals surface area contributed by atoms with E-state index in [-0.39, 0.29) is 11.3 Å². The van der Waals surface area contributed by atoms with Gasteiger partial charge in [-0.15, -0.1) is 0 Å². The molecule has 0 aliphatic carbocycles. The summed E-state index contributed by atoms with van der Waals surface area (Å²) in [6.45, 7) is 12.2. The molecule has 0 aromatic heterocycles. The lowest BCUT2D eigenvalue weighted by atomic mass is 9.86. The van der Waals surface area contributed by atoms with E-state index < -0.39 is 0 Å². The molecule has 110 valence electrons. The van der Waals surface area contributed by atoms with Gasteiger partial charge in [-0.2, -0.15) is 0 Å². The van der Waals surface area contributed by atoms with E-state index in [4.69, 9.17) is 0 Å². The summed E-state index contributed by atoms with van der Waals surface area (Å²) in [7, 11) is 0. The third-order valence-electron chi connectivity index (χ3n) is 3.59. The Morgan fingerprint density at radius 2 is 1.85 bits per heavy atom. The third kappa shape index (κ3) is 3.73. The van der Waals surface area contributed by atoms with Crippen LogP contribution in [0.15, 0.2) is 18.2 Å². The van der Waals surface area contributed by atoms with Crippen molar-refractivity contribution in [1.29, 1.82) is 0 Å². The Morgan fingerprint density at radius 3 is 2.40 bits per heavy atom. The molecule has 1 aliphatic heterocycles. The molecule has 1 saturated heterocycles. The lowest BCUT2D eigenvalue weighted by molar-refractivity contribution is -0.114. The molecule has 0 radical (unpaired) electrons. The molecule has 0 spiro atoms. The van der Waals surface area contributed by atoms with Crippen LogP contribution < -0.4 is 15.5 Å². The average Bonchev–Trinajstić information content (AvgIpc) is 2.37. The molecule has 0 atom stereocenters. The molecule has 0 bridgehead atoms. The standard InChI is InChI=1S/C16H25N3O/c1-12(20)18-14-9-13(16(2,3)4)10-15(11-14)19-7-5-17-6-8-19/h9-11,17H,5-8H2,1-4H3,(H,18,20). The van der Waals surface area contributed by atoms with Crippen LogP contribution >= 0.6 is 0 Å². The summed E-state index contributed by atoms with van der Waals surface area (Å²) in [5, 5.41) is 6.28. The first-order valence-corrected chi connectivity index (χ1v) is 7.25. The van der Waals surface area contributed by atoms with Crippen LogP contribution in [-0.4, -0.2) is 32.1 Å². The van der Waals surface area contributed by atoms with Gasteiger partial charge >= 0.3 is 0 Å². The largest absolute Gasteiger partial charge is 0.369 e. The summed E-state index contributed by atoms with van der Waals surface area (Å²) >= 11 is 0. The summed E-state index contributed by atoms with van der Waals surface area (Å²) in [4.78, 5) is 13.7. The van der Waals surface area contributed by atoms with Gasteiger partial charge in [0.25, 0.3) is 0 Å². The van der Waals surface area contributed by atoms with Crippen LogP contribution in [-0.2, 0) is 10.2 Å². The van der Waals surface area contributed by atoms with Crippen LogP contribution in [0.1, 0.15) is 33.3 Å². The quantitative estimate of drug-likeness (QED) is 0.871. The molecular formula is C16H25N3O. The molecule has 1 fully saturated rings. The molecular weight excluding hydrogens is 250 g/mol. The molecule has 4 heteroatoms. The average molecular weight is 275 g/mol. The van der Waals surface area contributed by atoms with Crippen molar-refractivity contribution in [1.82, 2.24) is 5.32 Å². The van der Waals surface area contributed by atoms with Gasteiger partial charge in [0.1, 0.15) is 0 Å². The van der Waals surface area contributed by atoms with Crippen molar-refractivity contribution in [2.24, 2.45) is 0 Å². The Labute approximate surface area is 121 Å². The highest BCUT2D eigenvalue weighted by Gasteiger charge is 2.18. The van der Waals surface area contributed by atoms with Crippen molar-refractivity contribution < 1.29 is 4.79 Å². The fraction of sp³-hybridized carbons (Fsp3) is 0.562. The number of anilines is 2. The molecule has 1 amide bonds. The highest BCUT2D eigenvalue weighted by molar-refractivity contribution is 5.89. The van der Waals surface area contributed by atoms with E-state index in [9.17, 15) is 4.79 Å². The molecule has 2 rings (SSSR count). The fourth-order valence-electron chi connectivity index (χ4n) is 2.43. The molecule has 0 saturated carbocycles. The summed E-state index contributed by atoms with van der Waals surface area (Å²) in [6.07, 6.45) is 0. The van der Waals surface area contributed by atoms with Crippen molar-refractivity contribution in [3.63, 3.8) is 0 Å². The van der Waals surface area contributed by atoms with Crippen molar-refractivity contribution in [2.45, 2.75) is 33.1 Å². The number of piperazine rings is 1. The molecule has 1 heterocycles. The zero-order valence-electron chi connectivity index (χ0n) is 12.9. The number of hydrogen-bond acceptors (Lipinski definition) is 3. The predicted octanol–water partition coefficient (Wildman–Crippen LogP) is 2.35. The van der Waals surface area contributed by atoms with E-state index in [2.05, 4.69) is 54.5 Å². The zero-order chi connectivity index (χ0) is 14.8. The van der Waals surface area contributed by atoms with Gasteiger partial charge in [0.05, 0.1) is 0 Å². The Balaban J connectivity index is 2.36. The van der Waals surface area contributed by atoms with Gasteiger partial charge in [-0.25, -0.2) is 0 Å². The first-order valence-electron chi connectivity index (χ1n) is 7.25. The smallest absolute Gasteiger partial charge is 0.221 e. The van der Waals surface area contributed by atoms with Gasteiger partial charge in [-0.3, -0.25) is 4.79 Å². The minimum absolute atomic E-state index is 0.0256. The number of hydrogen-bond donors (Lipinski definition) is 2. The maximum Gasteiger partial charge on any atom is 0.221 e. The number of carbonyl (C=O) groups is 1. The second-order valence-corrected chi connectivity index (χ2v) is 6.44. The number of nitrogens with zero attached hydrogens (tertiary/aromatic N) is 1. The minimum atomic E-state index is -0.0256. The van der Waals surface area contributed by atoms with Crippen LogP contribution in [0.5, 0.6) is 0 Å². The zero-order valence-corrected chi connectivity index (χ0v) is 12.9. The number of amides is 1. The number of carbonyl (C=O) groups excluding carboxylic acids is 1. The van der Waals surface area contributed by atoms with E-state index in [0.717, 1.165) is 31.9 Å². The summed E-state index contributed by atoms with van der Waals surface area (Å²) in [5.41, 5.74) is 3.40. The molecule has 0 unspecified atom stereocenters.